The molecule has 2 heterocycles. The summed E-state index contributed by atoms with van der Waals surface area (Å²) in [6.45, 7) is -0.137. The number of benzene rings is 2. The van der Waals surface area contributed by atoms with Gasteiger partial charge in [-0.1, -0.05) is 41.9 Å². The molecule has 11 heteroatoms. The van der Waals surface area contributed by atoms with E-state index in [9.17, 15) is 24.5 Å². The zero-order valence-electron chi connectivity index (χ0n) is 17.1. The van der Waals surface area contributed by atoms with Gasteiger partial charge in [0.05, 0.1) is 16.4 Å². The molecule has 2 aromatic rings. The fourth-order valence-electron chi connectivity index (χ4n) is 3.51. The molecule has 33 heavy (non-hydrogen) atoms. The number of halogens is 1. The minimum absolute atomic E-state index is 0.0408. The summed E-state index contributed by atoms with van der Waals surface area (Å²) in [5, 5.41) is 13.2. The van der Waals surface area contributed by atoms with Crippen molar-refractivity contribution in [3.05, 3.63) is 86.6 Å². The third-order valence-electron chi connectivity index (χ3n) is 5.16. The number of hydrogen-bond acceptors (Lipinski definition) is 7. The van der Waals surface area contributed by atoms with Gasteiger partial charge in [-0.05, 0) is 23.3 Å². The second-order valence-corrected chi connectivity index (χ2v) is 8.93. The molecule has 1 fully saturated rings. The average molecular weight is 488 g/mol. The molecular weight excluding hydrogens is 470 g/mol. The first-order valence-corrected chi connectivity index (χ1v) is 11.3. The smallest absolute Gasteiger partial charge is 0.356 e. The molecule has 9 nitrogen and oxygen atoms in total. The molecule has 2 aliphatic heterocycles. The van der Waals surface area contributed by atoms with Crippen LogP contribution in [-0.2, 0) is 32.1 Å². The predicted octanol–water partition coefficient (Wildman–Crippen LogP) is 2.73. The number of thioether (sulfide) groups is 1. The van der Waals surface area contributed by atoms with Crippen LogP contribution in [0, 0.1) is 10.1 Å². The van der Waals surface area contributed by atoms with E-state index in [1.165, 1.54) is 40.9 Å². The largest absolute Gasteiger partial charge is 0.456 e. The number of ether oxygens (including phenoxy) is 1. The van der Waals surface area contributed by atoms with Crippen molar-refractivity contribution in [3.63, 3.8) is 0 Å². The summed E-state index contributed by atoms with van der Waals surface area (Å²) in [6, 6.07) is 14.0. The van der Waals surface area contributed by atoms with E-state index in [0.717, 1.165) is 5.56 Å². The number of non-ortho nitro benzene ring substituents is 1. The fraction of sp³-hybridized carbons (Fsp3) is 0.227. The third-order valence-corrected chi connectivity index (χ3v) is 6.91. The molecule has 0 radical (unpaired) electrons. The van der Waals surface area contributed by atoms with Crippen molar-refractivity contribution < 1.29 is 24.0 Å². The quantitative estimate of drug-likeness (QED) is 0.276. The van der Waals surface area contributed by atoms with Crippen molar-refractivity contribution in [1.29, 1.82) is 0 Å². The van der Waals surface area contributed by atoms with Gasteiger partial charge in [-0.15, -0.1) is 11.8 Å². The lowest BCUT2D eigenvalue weighted by atomic mass is 10.0. The van der Waals surface area contributed by atoms with E-state index in [-0.39, 0.29) is 35.4 Å². The van der Waals surface area contributed by atoms with E-state index in [4.69, 9.17) is 16.3 Å². The van der Waals surface area contributed by atoms with Gasteiger partial charge in [-0.2, -0.15) is 0 Å². The van der Waals surface area contributed by atoms with Crippen molar-refractivity contribution in [2.24, 2.45) is 0 Å². The average Bonchev–Trinajstić information content (AvgIpc) is 2.81. The maximum absolute atomic E-state index is 12.8. The SMILES string of the molecule is O=C(Cc1ccccc1)NC1C(=O)N2C(C(=O)OCc3ccc([N+](=O)[O-])cc3)=C(Cl)CSC12. The van der Waals surface area contributed by atoms with Crippen LogP contribution in [0.4, 0.5) is 5.69 Å². The Kier molecular flexibility index (Phi) is 6.66. The second-order valence-electron chi connectivity index (χ2n) is 7.37. The molecule has 2 unspecified atom stereocenters. The van der Waals surface area contributed by atoms with Crippen molar-refractivity contribution >= 4 is 46.8 Å². The number of nitro benzene ring substituents is 1. The van der Waals surface area contributed by atoms with E-state index in [2.05, 4.69) is 5.32 Å². The molecule has 1 N–H and O–H groups in total. The lowest BCUT2D eigenvalue weighted by Crippen LogP contribution is -2.70. The van der Waals surface area contributed by atoms with Crippen LogP contribution in [-0.4, -0.2) is 44.8 Å². The van der Waals surface area contributed by atoms with E-state index in [0.29, 0.717) is 11.3 Å². The van der Waals surface area contributed by atoms with Crippen molar-refractivity contribution in [3.8, 4) is 0 Å². The summed E-state index contributed by atoms with van der Waals surface area (Å²) in [5.41, 5.74) is 1.26. The zero-order chi connectivity index (χ0) is 23.5. The highest BCUT2D eigenvalue weighted by Crippen LogP contribution is 2.41. The Balaban J connectivity index is 1.37. The summed E-state index contributed by atoms with van der Waals surface area (Å²) >= 11 is 7.59. The Morgan fingerprint density at radius 1 is 1.15 bits per heavy atom. The Morgan fingerprint density at radius 2 is 1.85 bits per heavy atom. The number of β-lactam (4-membered cyclic amide) rings is 1. The van der Waals surface area contributed by atoms with Crippen LogP contribution < -0.4 is 5.32 Å². The molecule has 2 amide bonds. The second kappa shape index (κ2) is 9.63. The number of fused-ring (bicyclic) bond motifs is 1. The van der Waals surface area contributed by atoms with Crippen LogP contribution >= 0.6 is 23.4 Å². The van der Waals surface area contributed by atoms with Gasteiger partial charge in [0.2, 0.25) is 5.91 Å². The Hall–Kier alpha value is -3.37. The molecule has 0 spiro atoms. The van der Waals surface area contributed by atoms with Crippen LogP contribution in [0.2, 0.25) is 0 Å². The predicted molar refractivity (Wildman–Crippen MR) is 121 cm³/mol. The molecule has 0 saturated carbocycles. The molecule has 0 bridgehead atoms. The summed E-state index contributed by atoms with van der Waals surface area (Å²) in [7, 11) is 0. The maximum atomic E-state index is 12.8. The standard InChI is InChI=1S/C22H18ClN3O6S/c23-16-12-33-21-18(24-17(27)10-13-4-2-1-3-5-13)20(28)25(21)19(16)22(29)32-11-14-6-8-15(9-7-14)26(30)31/h1-9,18,21H,10-12H2,(H,24,27). The molecule has 2 aromatic carbocycles. The molecule has 0 aromatic heterocycles. The zero-order valence-corrected chi connectivity index (χ0v) is 18.7. The first-order chi connectivity index (χ1) is 15.8. The fourth-order valence-corrected chi connectivity index (χ4v) is 5.06. The number of hydrogen-bond donors (Lipinski definition) is 1. The Bertz CT molecular complexity index is 1140. The lowest BCUT2D eigenvalue weighted by Gasteiger charge is -2.49. The van der Waals surface area contributed by atoms with E-state index in [1.54, 1.807) is 0 Å². The van der Waals surface area contributed by atoms with E-state index < -0.39 is 28.2 Å². The Morgan fingerprint density at radius 3 is 2.52 bits per heavy atom. The number of carbonyl (C=O) groups excluding carboxylic acids is 3. The van der Waals surface area contributed by atoms with Crippen molar-refractivity contribution in [2.45, 2.75) is 24.4 Å². The van der Waals surface area contributed by atoms with Gasteiger partial charge >= 0.3 is 5.97 Å². The highest BCUT2D eigenvalue weighted by atomic mass is 35.5. The number of nitrogens with one attached hydrogen (secondary N) is 1. The summed E-state index contributed by atoms with van der Waals surface area (Å²) in [4.78, 5) is 49.3. The molecule has 0 aliphatic carbocycles. The molecular formula is C22H18ClN3O6S. The number of nitrogens with zero attached hydrogens (tertiary/aromatic N) is 2. The number of rotatable bonds is 7. The van der Waals surface area contributed by atoms with Crippen LogP contribution in [0.25, 0.3) is 0 Å². The van der Waals surface area contributed by atoms with Gasteiger partial charge in [-0.25, -0.2) is 4.79 Å². The van der Waals surface area contributed by atoms with Gasteiger partial charge in [0, 0.05) is 17.9 Å². The lowest BCUT2D eigenvalue weighted by molar-refractivity contribution is -0.384. The van der Waals surface area contributed by atoms with Gasteiger partial charge in [0.15, 0.2) is 0 Å². The molecule has 170 valence electrons. The van der Waals surface area contributed by atoms with Crippen molar-refractivity contribution in [2.75, 3.05) is 5.75 Å². The van der Waals surface area contributed by atoms with Gasteiger partial charge < -0.3 is 10.1 Å². The molecule has 1 saturated heterocycles. The first-order valence-electron chi connectivity index (χ1n) is 9.92. The number of esters is 1. The minimum Gasteiger partial charge on any atom is -0.456 e. The number of carbonyl (C=O) groups is 3. The maximum Gasteiger partial charge on any atom is 0.356 e. The highest BCUT2D eigenvalue weighted by molar-refractivity contribution is 8.00. The van der Waals surface area contributed by atoms with Crippen LogP contribution in [0.15, 0.2) is 65.3 Å². The van der Waals surface area contributed by atoms with E-state index in [1.807, 2.05) is 30.3 Å². The third kappa shape index (κ3) is 4.86. The number of amides is 2. The molecule has 2 aliphatic rings. The normalized spacial score (nSPS) is 19.4. The van der Waals surface area contributed by atoms with Crippen LogP contribution in [0.1, 0.15) is 11.1 Å². The minimum atomic E-state index is -0.772. The van der Waals surface area contributed by atoms with E-state index >= 15 is 0 Å². The summed E-state index contributed by atoms with van der Waals surface area (Å²) in [5.74, 6) is -1.20. The van der Waals surface area contributed by atoms with Gasteiger partial charge in [-0.3, -0.25) is 24.6 Å². The van der Waals surface area contributed by atoms with Gasteiger partial charge in [0.1, 0.15) is 23.7 Å². The topological polar surface area (TPSA) is 119 Å². The first kappa shape index (κ1) is 22.8. The Labute approximate surface area is 197 Å². The van der Waals surface area contributed by atoms with Gasteiger partial charge in [0.25, 0.3) is 11.6 Å². The monoisotopic (exact) mass is 487 g/mol. The molecule has 2 atom stereocenters. The van der Waals surface area contributed by atoms with Crippen molar-refractivity contribution in [1.82, 2.24) is 10.2 Å². The summed E-state index contributed by atoms with van der Waals surface area (Å²) < 4.78 is 5.29. The van der Waals surface area contributed by atoms with Crippen LogP contribution in [0.5, 0.6) is 0 Å². The summed E-state index contributed by atoms with van der Waals surface area (Å²) in [6.07, 6.45) is 0.142. The number of nitro groups is 1. The molecule has 4 rings (SSSR count). The van der Waals surface area contributed by atoms with Crippen LogP contribution in [0.3, 0.4) is 0 Å². The highest BCUT2D eigenvalue weighted by Gasteiger charge is 2.54.